The van der Waals surface area contributed by atoms with Crippen molar-refractivity contribution in [1.29, 1.82) is 0 Å². The smallest absolute Gasteiger partial charge is 0.302 e. The predicted octanol–water partition coefficient (Wildman–Crippen LogP) is 7.93. The second kappa shape index (κ2) is 9.75. The second-order valence-corrected chi connectivity index (χ2v) is 16.9. The molecule has 0 saturated heterocycles. The number of rotatable bonds is 3. The van der Waals surface area contributed by atoms with Crippen molar-refractivity contribution in [2.24, 2.45) is 50.2 Å². The number of allylic oxidation sites excluding steroid dienone is 2. The summed E-state index contributed by atoms with van der Waals surface area (Å²) in [5.41, 5.74) is 0.277. The lowest BCUT2D eigenvalue weighted by atomic mass is 9.33. The standard InChI is InChI=1S/C37H52N2O4/c1-23(40)43-28-13-14-35(6)27(32(28,2)3)12-15-37(8)30(35)26(41)21-24-25-22-34(5,31(42)39-29-11-9-10-20-38-29)17-16-33(25,4)18-19-36(24,37)7/h9-11,20-21,25,27-28,30H,12-19,22H2,1-8H3,(H,38,39,42)/t25-,27-,28-,30-,33-,34+,35+,36+,37-/m1/s1. The van der Waals surface area contributed by atoms with E-state index in [0.29, 0.717) is 17.5 Å². The number of hydrogen-bond donors (Lipinski definition) is 1. The maximum atomic E-state index is 14.6. The van der Waals surface area contributed by atoms with E-state index in [-0.39, 0.29) is 56.9 Å². The zero-order chi connectivity index (χ0) is 31.2. The van der Waals surface area contributed by atoms with E-state index in [1.165, 1.54) is 12.5 Å². The molecule has 6 rings (SSSR count). The first-order valence-electron chi connectivity index (χ1n) is 16.7. The minimum absolute atomic E-state index is 0.0344. The van der Waals surface area contributed by atoms with E-state index >= 15 is 0 Å². The van der Waals surface area contributed by atoms with Crippen molar-refractivity contribution in [3.8, 4) is 0 Å². The van der Waals surface area contributed by atoms with E-state index in [4.69, 9.17) is 4.74 Å². The Labute approximate surface area is 258 Å². The second-order valence-electron chi connectivity index (χ2n) is 16.9. The lowest BCUT2D eigenvalue weighted by molar-refractivity contribution is -0.210. The number of nitrogens with zero attached hydrogens (tertiary/aromatic N) is 1. The van der Waals surface area contributed by atoms with Gasteiger partial charge < -0.3 is 10.1 Å². The first kappa shape index (κ1) is 30.5. The Bertz CT molecular complexity index is 1370. The molecular formula is C37H52N2O4. The largest absolute Gasteiger partial charge is 0.462 e. The molecule has 234 valence electrons. The molecule has 0 unspecified atom stereocenters. The third kappa shape index (κ3) is 4.31. The van der Waals surface area contributed by atoms with Gasteiger partial charge in [0.25, 0.3) is 0 Å². The highest BCUT2D eigenvalue weighted by Gasteiger charge is 2.70. The van der Waals surface area contributed by atoms with Crippen molar-refractivity contribution < 1.29 is 19.1 Å². The van der Waals surface area contributed by atoms with E-state index < -0.39 is 5.41 Å². The van der Waals surface area contributed by atoms with Crippen LogP contribution in [-0.2, 0) is 19.1 Å². The van der Waals surface area contributed by atoms with Crippen LogP contribution in [0.1, 0.15) is 113 Å². The van der Waals surface area contributed by atoms with Crippen LogP contribution in [0.15, 0.2) is 36.0 Å². The summed E-state index contributed by atoms with van der Waals surface area (Å²) in [6.07, 6.45) is 12.2. The van der Waals surface area contributed by atoms with Gasteiger partial charge in [-0.25, -0.2) is 4.98 Å². The van der Waals surface area contributed by atoms with Crippen molar-refractivity contribution in [3.05, 3.63) is 36.0 Å². The highest BCUT2D eigenvalue weighted by Crippen LogP contribution is 2.75. The minimum Gasteiger partial charge on any atom is -0.462 e. The normalized spacial score (nSPS) is 44.9. The Morgan fingerprint density at radius 2 is 1.65 bits per heavy atom. The lowest BCUT2D eigenvalue weighted by Gasteiger charge is -2.70. The summed E-state index contributed by atoms with van der Waals surface area (Å²) in [7, 11) is 0. The molecule has 6 nitrogen and oxygen atoms in total. The number of amides is 1. The highest BCUT2D eigenvalue weighted by molar-refractivity contribution is 5.96. The molecule has 5 aliphatic rings. The first-order chi connectivity index (χ1) is 20.0. The summed E-state index contributed by atoms with van der Waals surface area (Å²) < 4.78 is 5.87. The average Bonchev–Trinajstić information content (AvgIpc) is 2.93. The third-order valence-electron chi connectivity index (χ3n) is 14.3. The molecule has 1 heterocycles. The Kier molecular flexibility index (Phi) is 6.92. The molecule has 1 N–H and O–H groups in total. The van der Waals surface area contributed by atoms with Gasteiger partial charge in [-0.15, -0.1) is 0 Å². The zero-order valence-electron chi connectivity index (χ0n) is 27.6. The van der Waals surface area contributed by atoms with Crippen molar-refractivity contribution in [2.45, 2.75) is 119 Å². The Hall–Kier alpha value is -2.50. The van der Waals surface area contributed by atoms with Crippen LogP contribution in [0.2, 0.25) is 0 Å². The number of ether oxygens (including phenoxy) is 1. The predicted molar refractivity (Wildman–Crippen MR) is 168 cm³/mol. The van der Waals surface area contributed by atoms with E-state index in [0.717, 1.165) is 57.8 Å². The molecule has 6 heteroatoms. The summed E-state index contributed by atoms with van der Waals surface area (Å²) in [6.45, 7) is 17.8. The number of aromatic nitrogens is 1. The molecule has 0 radical (unpaired) electrons. The number of pyridine rings is 1. The SMILES string of the molecule is CC(=O)O[C@@H]1CC[C@@]2(C)[C@H](CC[C@]3(C)[C@@H]2C(=O)C=C2[C@H]4C[C@@](C)(C(=O)Nc5ccccn5)CC[C@]4(C)CC[C@@]23C)C1(C)C. The van der Waals surface area contributed by atoms with E-state index in [9.17, 15) is 14.4 Å². The van der Waals surface area contributed by atoms with Gasteiger partial charge in [-0.3, -0.25) is 14.4 Å². The molecule has 1 aromatic rings. The molecule has 5 aliphatic carbocycles. The molecular weight excluding hydrogens is 536 g/mol. The maximum Gasteiger partial charge on any atom is 0.302 e. The molecule has 4 saturated carbocycles. The summed E-state index contributed by atoms with van der Waals surface area (Å²) in [5.74, 6) is 1.15. The van der Waals surface area contributed by atoms with Crippen molar-refractivity contribution in [1.82, 2.24) is 4.98 Å². The minimum atomic E-state index is -0.523. The van der Waals surface area contributed by atoms with Gasteiger partial charge in [0.1, 0.15) is 11.9 Å². The van der Waals surface area contributed by atoms with E-state index in [1.54, 1.807) is 6.20 Å². The molecule has 0 spiro atoms. The van der Waals surface area contributed by atoms with Gasteiger partial charge in [0.05, 0.1) is 0 Å². The summed E-state index contributed by atoms with van der Waals surface area (Å²) >= 11 is 0. The molecule has 4 fully saturated rings. The van der Waals surface area contributed by atoms with Gasteiger partial charge in [-0.05, 0) is 109 Å². The average molecular weight is 589 g/mol. The summed E-state index contributed by atoms with van der Waals surface area (Å²) in [6, 6.07) is 5.59. The summed E-state index contributed by atoms with van der Waals surface area (Å²) in [5, 5.41) is 3.09. The quantitative estimate of drug-likeness (QED) is 0.363. The third-order valence-corrected chi connectivity index (χ3v) is 14.3. The monoisotopic (exact) mass is 588 g/mol. The molecule has 9 atom stereocenters. The molecule has 43 heavy (non-hydrogen) atoms. The number of ketones is 1. The molecule has 0 aliphatic heterocycles. The lowest BCUT2D eigenvalue weighted by Crippen LogP contribution is -2.66. The van der Waals surface area contributed by atoms with Crippen molar-refractivity contribution >= 4 is 23.5 Å². The molecule has 1 amide bonds. The van der Waals surface area contributed by atoms with Crippen molar-refractivity contribution in [3.63, 3.8) is 0 Å². The first-order valence-corrected chi connectivity index (χ1v) is 16.7. The Morgan fingerprint density at radius 3 is 2.33 bits per heavy atom. The van der Waals surface area contributed by atoms with Gasteiger partial charge in [0.15, 0.2) is 5.78 Å². The van der Waals surface area contributed by atoms with Crippen LogP contribution in [0, 0.1) is 50.2 Å². The Morgan fingerprint density at radius 1 is 0.930 bits per heavy atom. The molecule has 0 bridgehead atoms. The number of fused-ring (bicyclic) bond motifs is 7. The fourth-order valence-corrected chi connectivity index (χ4v) is 11.5. The van der Waals surface area contributed by atoms with E-state index in [2.05, 4.69) is 64.8 Å². The van der Waals surface area contributed by atoms with Gasteiger partial charge in [0, 0.05) is 29.9 Å². The highest BCUT2D eigenvalue weighted by atomic mass is 16.5. The number of carbonyl (C=O) groups excluding carboxylic acids is 3. The Balaban J connectivity index is 1.36. The van der Waals surface area contributed by atoms with Crippen LogP contribution in [-0.4, -0.2) is 28.7 Å². The number of hydrogen-bond acceptors (Lipinski definition) is 5. The van der Waals surface area contributed by atoms with Crippen LogP contribution in [0.4, 0.5) is 5.82 Å². The number of nitrogens with one attached hydrogen (secondary N) is 1. The molecule has 1 aromatic heterocycles. The zero-order valence-corrected chi connectivity index (χ0v) is 27.6. The van der Waals surface area contributed by atoms with Gasteiger partial charge >= 0.3 is 5.97 Å². The fourth-order valence-electron chi connectivity index (χ4n) is 11.5. The summed E-state index contributed by atoms with van der Waals surface area (Å²) in [4.78, 5) is 44.7. The topological polar surface area (TPSA) is 85.4 Å². The fraction of sp³-hybridized carbons (Fsp3) is 0.730. The maximum absolute atomic E-state index is 14.6. The number of carbonyl (C=O) groups is 3. The number of anilines is 1. The van der Waals surface area contributed by atoms with Crippen LogP contribution >= 0.6 is 0 Å². The number of esters is 1. The van der Waals surface area contributed by atoms with Crippen LogP contribution < -0.4 is 5.32 Å². The van der Waals surface area contributed by atoms with Gasteiger partial charge in [0.2, 0.25) is 5.91 Å². The van der Waals surface area contributed by atoms with E-state index in [1.807, 2.05) is 18.2 Å². The molecule has 0 aromatic carbocycles. The van der Waals surface area contributed by atoms with Gasteiger partial charge in [-0.2, -0.15) is 0 Å². The van der Waals surface area contributed by atoms with Crippen molar-refractivity contribution in [2.75, 3.05) is 5.32 Å². The van der Waals surface area contributed by atoms with Gasteiger partial charge in [-0.1, -0.05) is 60.1 Å². The van der Waals surface area contributed by atoms with Crippen LogP contribution in [0.25, 0.3) is 0 Å². The van der Waals surface area contributed by atoms with Crippen LogP contribution in [0.5, 0.6) is 0 Å². The van der Waals surface area contributed by atoms with Crippen LogP contribution in [0.3, 0.4) is 0 Å².